The molecule has 3 N–H and O–H groups in total. The van der Waals surface area contributed by atoms with E-state index in [1.54, 1.807) is 0 Å². The molecule has 248 valence electrons. The number of aliphatic hydroxyl groups excluding tert-OH is 1. The number of anilines is 1. The minimum Gasteiger partial charge on any atom is -0.494 e. The molecule has 0 aliphatic carbocycles. The predicted octanol–water partition coefficient (Wildman–Crippen LogP) is 6.41. The number of amides is 1. The topological polar surface area (TPSA) is 144 Å². The zero-order chi connectivity index (χ0) is 33.9. The van der Waals surface area contributed by atoms with E-state index in [9.17, 15) is 4.79 Å². The molecule has 5 rings (SSSR count). The van der Waals surface area contributed by atoms with E-state index in [1.165, 1.54) is 0 Å². The maximum atomic E-state index is 14.6. The van der Waals surface area contributed by atoms with Crippen LogP contribution in [0.25, 0.3) is 10.4 Å². The molecule has 0 unspecified atom stereocenters. The molecule has 0 bridgehead atoms. The number of nitrogens with zero attached hydrogens (tertiary/aromatic N) is 5. The summed E-state index contributed by atoms with van der Waals surface area (Å²) in [6.45, 7) is 0.952. The highest BCUT2D eigenvalue weighted by Gasteiger charge is 2.54. The van der Waals surface area contributed by atoms with Crippen LogP contribution in [0.3, 0.4) is 0 Å². The first-order valence-corrected chi connectivity index (χ1v) is 16.4. The van der Waals surface area contributed by atoms with Crippen LogP contribution in [0.1, 0.15) is 40.3 Å². The lowest BCUT2D eigenvalue weighted by Gasteiger charge is -2.32. The number of hydrogen-bond donors (Lipinski definition) is 3. The monoisotopic (exact) mass is 711 g/mol. The Balaban J connectivity index is 1.54. The number of carbonyl (C=O) groups is 1. The largest absolute Gasteiger partial charge is 0.494 e. The third kappa shape index (κ3) is 8.15. The number of aliphatic hydroxyl groups is 1. The smallest absolute Gasteiger partial charge is 0.266 e. The van der Waals surface area contributed by atoms with Crippen LogP contribution in [0.2, 0.25) is 0 Å². The van der Waals surface area contributed by atoms with Crippen LogP contribution in [-0.4, -0.2) is 49.8 Å². The van der Waals surface area contributed by atoms with Crippen molar-refractivity contribution in [3.05, 3.63) is 140 Å². The van der Waals surface area contributed by atoms with Gasteiger partial charge in [0.1, 0.15) is 5.75 Å². The van der Waals surface area contributed by atoms with Crippen molar-refractivity contribution in [1.29, 1.82) is 0 Å². The van der Waals surface area contributed by atoms with Crippen LogP contribution in [0.5, 0.6) is 5.75 Å². The second-order valence-electron chi connectivity index (χ2n) is 11.5. The van der Waals surface area contributed by atoms with Crippen molar-refractivity contribution in [3.8, 4) is 5.75 Å². The van der Waals surface area contributed by atoms with E-state index in [-0.39, 0.29) is 25.5 Å². The Morgan fingerprint density at radius 2 is 1.75 bits per heavy atom. The number of rotatable bonds is 15. The van der Waals surface area contributed by atoms with Crippen molar-refractivity contribution in [1.82, 2.24) is 10.9 Å². The number of carbonyl (C=O) groups excluding carboxylic acids is 1. The summed E-state index contributed by atoms with van der Waals surface area (Å²) in [6, 6.07) is 30.5. The number of hydrazine groups is 1. The van der Waals surface area contributed by atoms with Crippen molar-refractivity contribution in [2.45, 2.75) is 37.6 Å². The van der Waals surface area contributed by atoms with Crippen LogP contribution in [0.15, 0.2) is 112 Å². The van der Waals surface area contributed by atoms with Gasteiger partial charge in [-0.1, -0.05) is 75.6 Å². The minimum absolute atomic E-state index is 0.0485. The highest BCUT2D eigenvalue weighted by molar-refractivity contribution is 9.10. The summed E-state index contributed by atoms with van der Waals surface area (Å²) < 4.78 is 13.1. The second-order valence-corrected chi connectivity index (χ2v) is 12.4. The summed E-state index contributed by atoms with van der Waals surface area (Å²) in [5, 5.41) is 12.9. The van der Waals surface area contributed by atoms with E-state index in [1.807, 2.05) is 116 Å². The van der Waals surface area contributed by atoms with E-state index in [2.05, 4.69) is 36.8 Å². The molecular weight excluding hydrogens is 674 g/mol. The standard InChI is InChI=1S/C36H38BrN7O4/c1-44(2)29-16-12-25(13-17-29)23-39-42-35(46)36(22-27-8-3-4-9-28(27)24-40-43-38)33(31-10-5-6-11-32(31)37)48-34(41-36)26-14-18-30(19-15-26)47-21-7-20-45/h3-6,8-19,33,39,45H,7,20-24H2,1-2H3,(H,42,46)/t33-,36-/m0/s1. The molecule has 4 aromatic rings. The summed E-state index contributed by atoms with van der Waals surface area (Å²) in [5.41, 5.74) is 18.7. The fourth-order valence-electron chi connectivity index (χ4n) is 5.48. The van der Waals surface area contributed by atoms with Crippen molar-refractivity contribution in [2.75, 3.05) is 32.2 Å². The lowest BCUT2D eigenvalue weighted by molar-refractivity contribution is -0.130. The van der Waals surface area contributed by atoms with Gasteiger partial charge in [0.05, 0.1) is 13.2 Å². The highest BCUT2D eigenvalue weighted by atomic mass is 79.9. The van der Waals surface area contributed by atoms with Crippen LogP contribution in [0.4, 0.5) is 5.69 Å². The molecule has 11 nitrogen and oxygen atoms in total. The Bertz CT molecular complexity index is 1780. The molecule has 1 heterocycles. The van der Waals surface area contributed by atoms with Crippen LogP contribution in [0, 0.1) is 0 Å². The number of hydrogen-bond acceptors (Lipinski definition) is 8. The molecule has 0 saturated heterocycles. The lowest BCUT2D eigenvalue weighted by Crippen LogP contribution is -2.53. The van der Waals surface area contributed by atoms with Gasteiger partial charge in [0.2, 0.25) is 5.90 Å². The zero-order valence-corrected chi connectivity index (χ0v) is 28.4. The first-order chi connectivity index (χ1) is 23.3. The number of benzene rings is 4. The molecule has 0 spiro atoms. The SMILES string of the molecule is CN(C)c1ccc(CNNC(=O)[C@@]2(Cc3ccccc3CN=[N+]=[N-])N=C(c3ccc(OCCCO)cc3)O[C@H]2c2ccccc2Br)cc1. The van der Waals surface area contributed by atoms with Gasteiger partial charge in [-0.05, 0) is 64.7 Å². The van der Waals surface area contributed by atoms with Gasteiger partial charge >= 0.3 is 0 Å². The van der Waals surface area contributed by atoms with Gasteiger partial charge < -0.3 is 19.5 Å². The molecular formula is C36H38BrN7O4. The van der Waals surface area contributed by atoms with Gasteiger partial charge in [-0.15, -0.1) is 0 Å². The van der Waals surface area contributed by atoms with E-state index in [0.717, 1.165) is 32.4 Å². The molecule has 0 aromatic heterocycles. The molecule has 0 fully saturated rings. The van der Waals surface area contributed by atoms with Crippen molar-refractivity contribution in [3.63, 3.8) is 0 Å². The quantitative estimate of drug-likeness (QED) is 0.0428. The molecule has 1 amide bonds. The Morgan fingerprint density at radius 3 is 2.44 bits per heavy atom. The summed E-state index contributed by atoms with van der Waals surface area (Å²) in [7, 11) is 3.97. The van der Waals surface area contributed by atoms with E-state index >= 15 is 0 Å². The maximum absolute atomic E-state index is 14.6. The third-order valence-electron chi connectivity index (χ3n) is 8.05. The first kappa shape index (κ1) is 34.5. The molecule has 1 aliphatic heterocycles. The van der Waals surface area contributed by atoms with Gasteiger partial charge in [-0.2, -0.15) is 0 Å². The Morgan fingerprint density at radius 1 is 1.04 bits per heavy atom. The van der Waals surface area contributed by atoms with E-state index < -0.39 is 11.6 Å². The molecule has 48 heavy (non-hydrogen) atoms. The maximum Gasteiger partial charge on any atom is 0.266 e. The normalized spacial score (nSPS) is 16.8. The average Bonchev–Trinajstić information content (AvgIpc) is 3.48. The van der Waals surface area contributed by atoms with Crippen molar-refractivity contribution < 1.29 is 19.4 Å². The fraction of sp³-hybridized carbons (Fsp3) is 0.278. The molecule has 0 radical (unpaired) electrons. The van der Waals surface area contributed by atoms with Crippen molar-refractivity contribution >= 4 is 33.4 Å². The number of azide groups is 1. The van der Waals surface area contributed by atoms with Crippen LogP contribution >= 0.6 is 15.9 Å². The van der Waals surface area contributed by atoms with Gasteiger partial charge in [-0.25, -0.2) is 10.4 Å². The number of ether oxygens (including phenoxy) is 2. The Hall–Kier alpha value is -4.87. The van der Waals surface area contributed by atoms with Gasteiger partial charge in [0.15, 0.2) is 11.6 Å². The van der Waals surface area contributed by atoms with Crippen LogP contribution in [-0.2, 0) is 29.0 Å². The van der Waals surface area contributed by atoms with Gasteiger partial charge in [0.25, 0.3) is 5.91 Å². The summed E-state index contributed by atoms with van der Waals surface area (Å²) in [4.78, 5) is 24.7. The average molecular weight is 713 g/mol. The molecule has 0 saturated carbocycles. The van der Waals surface area contributed by atoms with Gasteiger partial charge in [0, 0.05) is 66.3 Å². The highest BCUT2D eigenvalue weighted by Crippen LogP contribution is 2.45. The van der Waals surface area contributed by atoms with Crippen molar-refractivity contribution in [2.24, 2.45) is 10.1 Å². The Labute approximate surface area is 288 Å². The predicted molar refractivity (Wildman–Crippen MR) is 190 cm³/mol. The van der Waals surface area contributed by atoms with Crippen LogP contribution < -0.4 is 20.5 Å². The first-order valence-electron chi connectivity index (χ1n) is 15.6. The Kier molecular flexibility index (Phi) is 11.7. The van der Waals surface area contributed by atoms with E-state index in [4.69, 9.17) is 25.1 Å². The van der Waals surface area contributed by atoms with E-state index in [0.29, 0.717) is 36.8 Å². The second kappa shape index (κ2) is 16.3. The number of halogens is 1. The summed E-state index contributed by atoms with van der Waals surface area (Å²) >= 11 is 3.68. The zero-order valence-electron chi connectivity index (χ0n) is 26.8. The number of nitrogens with one attached hydrogen (secondary N) is 2. The van der Waals surface area contributed by atoms with Gasteiger partial charge in [-0.3, -0.25) is 10.2 Å². The molecule has 1 aliphatic rings. The molecule has 12 heteroatoms. The summed E-state index contributed by atoms with van der Waals surface area (Å²) in [5.74, 6) is 0.567. The molecule has 4 aromatic carbocycles. The summed E-state index contributed by atoms with van der Waals surface area (Å²) in [6.07, 6.45) is -0.135. The third-order valence-corrected chi connectivity index (χ3v) is 8.77. The minimum atomic E-state index is -1.47. The number of aliphatic imine (C=N–C) groups is 1. The molecule has 2 atom stereocenters. The lowest BCUT2D eigenvalue weighted by atomic mass is 9.81. The fourth-order valence-corrected chi connectivity index (χ4v) is 5.97.